The zero-order valence-electron chi connectivity index (χ0n) is 14.8. The normalized spacial score (nSPS) is 20.4. The lowest BCUT2D eigenvalue weighted by molar-refractivity contribution is -0.200. The van der Waals surface area contributed by atoms with Crippen LogP contribution in [0.3, 0.4) is 0 Å². The molecule has 0 aliphatic carbocycles. The molecule has 1 aliphatic heterocycles. The average Bonchev–Trinajstić information content (AvgIpc) is 2.95. The summed E-state index contributed by atoms with van der Waals surface area (Å²) in [5.74, 6) is -1.43. The predicted molar refractivity (Wildman–Crippen MR) is 91.5 cm³/mol. The lowest BCUT2D eigenvalue weighted by Crippen LogP contribution is -2.50. The van der Waals surface area contributed by atoms with Crippen molar-refractivity contribution >= 4 is 18.0 Å². The molecule has 0 radical (unpaired) electrons. The summed E-state index contributed by atoms with van der Waals surface area (Å²) in [5.41, 5.74) is -0.442. The smallest absolute Gasteiger partial charge is 0.333 e. The second kappa shape index (κ2) is 8.78. The zero-order chi connectivity index (χ0) is 18.3. The Morgan fingerprint density at radius 2 is 1.68 bits per heavy atom. The Balaban J connectivity index is 2.57. The van der Waals surface area contributed by atoms with Gasteiger partial charge >= 0.3 is 11.9 Å². The Labute approximate surface area is 147 Å². The van der Waals surface area contributed by atoms with Gasteiger partial charge in [0.05, 0.1) is 19.8 Å². The molecule has 1 fully saturated rings. The fraction of sp³-hybridized carbons (Fsp3) is 0.474. The van der Waals surface area contributed by atoms with Gasteiger partial charge in [-0.2, -0.15) is 0 Å². The summed E-state index contributed by atoms with van der Waals surface area (Å²) >= 11 is 0. The lowest BCUT2D eigenvalue weighted by Gasteiger charge is -2.30. The van der Waals surface area contributed by atoms with Crippen LogP contribution in [0.5, 0.6) is 0 Å². The molecule has 1 aliphatic rings. The van der Waals surface area contributed by atoms with Crippen molar-refractivity contribution in [2.75, 3.05) is 26.4 Å². The third-order valence-electron chi connectivity index (χ3n) is 3.90. The van der Waals surface area contributed by atoms with E-state index in [4.69, 9.17) is 18.9 Å². The SMILES string of the molecule is CCOC(=O)C1(C(=O)OCC)/C(=C/c2ccccc2)COC1OCC. The summed E-state index contributed by atoms with van der Waals surface area (Å²) in [6.45, 7) is 5.77. The molecule has 0 N–H and O–H groups in total. The van der Waals surface area contributed by atoms with Crippen LogP contribution in [0, 0.1) is 5.41 Å². The van der Waals surface area contributed by atoms with E-state index in [9.17, 15) is 9.59 Å². The highest BCUT2D eigenvalue weighted by Crippen LogP contribution is 2.44. The van der Waals surface area contributed by atoms with Crippen molar-refractivity contribution in [2.45, 2.75) is 27.1 Å². The molecule has 25 heavy (non-hydrogen) atoms. The molecule has 1 aromatic carbocycles. The molecule has 1 saturated heterocycles. The van der Waals surface area contributed by atoms with Crippen LogP contribution in [-0.2, 0) is 28.5 Å². The summed E-state index contributed by atoms with van der Waals surface area (Å²) < 4.78 is 21.6. The summed E-state index contributed by atoms with van der Waals surface area (Å²) in [5, 5.41) is 0. The van der Waals surface area contributed by atoms with Crippen molar-refractivity contribution in [3.05, 3.63) is 41.5 Å². The number of benzene rings is 1. The van der Waals surface area contributed by atoms with E-state index >= 15 is 0 Å². The predicted octanol–water partition coefficient (Wildman–Crippen LogP) is 2.58. The molecule has 1 atom stereocenters. The zero-order valence-corrected chi connectivity index (χ0v) is 14.8. The van der Waals surface area contributed by atoms with Crippen LogP contribution in [0.1, 0.15) is 26.3 Å². The molecule has 1 heterocycles. The molecule has 1 aromatic rings. The van der Waals surface area contributed by atoms with E-state index in [1.165, 1.54) is 0 Å². The minimum absolute atomic E-state index is 0.0805. The fourth-order valence-electron chi connectivity index (χ4n) is 2.81. The van der Waals surface area contributed by atoms with Gasteiger partial charge in [0, 0.05) is 6.61 Å². The Hall–Kier alpha value is -2.18. The lowest BCUT2D eigenvalue weighted by atomic mass is 9.80. The van der Waals surface area contributed by atoms with Crippen molar-refractivity contribution in [3.63, 3.8) is 0 Å². The first kappa shape index (κ1) is 19.1. The number of hydrogen-bond donors (Lipinski definition) is 0. The molecule has 1 unspecified atom stereocenters. The third kappa shape index (κ3) is 3.75. The molecule has 6 heteroatoms. The van der Waals surface area contributed by atoms with E-state index in [2.05, 4.69) is 0 Å². The Bertz CT molecular complexity index is 604. The standard InChI is InChI=1S/C19H24O6/c1-4-22-16(20)19(17(21)23-5-2)15(13-25-18(19)24-6-3)12-14-10-8-7-9-11-14/h7-12,18H,4-6,13H2,1-3H3/b15-12+. The van der Waals surface area contributed by atoms with Crippen LogP contribution in [0.2, 0.25) is 0 Å². The Morgan fingerprint density at radius 1 is 1.08 bits per heavy atom. The van der Waals surface area contributed by atoms with Gasteiger partial charge in [-0.25, -0.2) is 0 Å². The average molecular weight is 348 g/mol. The van der Waals surface area contributed by atoms with Gasteiger partial charge in [-0.15, -0.1) is 0 Å². The van der Waals surface area contributed by atoms with Crippen molar-refractivity contribution in [3.8, 4) is 0 Å². The Kier molecular flexibility index (Phi) is 6.73. The van der Waals surface area contributed by atoms with Gasteiger partial charge in [-0.3, -0.25) is 9.59 Å². The van der Waals surface area contributed by atoms with Crippen molar-refractivity contribution in [1.82, 2.24) is 0 Å². The summed E-state index contributed by atoms with van der Waals surface area (Å²) in [6, 6.07) is 9.39. The number of carbonyl (C=O) groups excluding carboxylic acids is 2. The van der Waals surface area contributed by atoms with E-state index in [1.54, 1.807) is 26.8 Å². The third-order valence-corrected chi connectivity index (χ3v) is 3.90. The molecule has 6 nitrogen and oxygen atoms in total. The molecular formula is C19H24O6. The maximum absolute atomic E-state index is 12.8. The monoisotopic (exact) mass is 348 g/mol. The maximum Gasteiger partial charge on any atom is 0.333 e. The summed E-state index contributed by atoms with van der Waals surface area (Å²) in [4.78, 5) is 25.7. The van der Waals surface area contributed by atoms with E-state index < -0.39 is 23.6 Å². The van der Waals surface area contributed by atoms with Gasteiger partial charge in [0.15, 0.2) is 6.29 Å². The number of hydrogen-bond acceptors (Lipinski definition) is 6. The number of ether oxygens (including phenoxy) is 4. The molecule has 2 rings (SSSR count). The van der Waals surface area contributed by atoms with Crippen LogP contribution >= 0.6 is 0 Å². The van der Waals surface area contributed by atoms with Gasteiger partial charge in [0.25, 0.3) is 0 Å². The molecule has 0 spiro atoms. The van der Waals surface area contributed by atoms with Crippen LogP contribution in [0.25, 0.3) is 6.08 Å². The highest BCUT2D eigenvalue weighted by molar-refractivity contribution is 6.05. The maximum atomic E-state index is 12.8. The molecule has 0 aromatic heterocycles. The van der Waals surface area contributed by atoms with Crippen LogP contribution in [0.15, 0.2) is 35.9 Å². The molecular weight excluding hydrogens is 324 g/mol. The molecule has 0 saturated carbocycles. The minimum atomic E-state index is -1.75. The first-order chi connectivity index (χ1) is 12.1. The first-order valence-electron chi connectivity index (χ1n) is 8.44. The van der Waals surface area contributed by atoms with Crippen LogP contribution in [-0.4, -0.2) is 44.7 Å². The van der Waals surface area contributed by atoms with Gasteiger partial charge in [-0.05, 0) is 31.9 Å². The second-order valence-electron chi connectivity index (χ2n) is 5.43. The second-order valence-corrected chi connectivity index (χ2v) is 5.43. The topological polar surface area (TPSA) is 71.1 Å². The van der Waals surface area contributed by atoms with Gasteiger partial charge in [-0.1, -0.05) is 36.4 Å². The van der Waals surface area contributed by atoms with Crippen molar-refractivity contribution in [1.29, 1.82) is 0 Å². The summed E-state index contributed by atoms with van der Waals surface area (Å²) in [6.07, 6.45) is 0.679. The highest BCUT2D eigenvalue weighted by Gasteiger charge is 2.63. The minimum Gasteiger partial charge on any atom is -0.465 e. The molecule has 136 valence electrons. The fourth-order valence-corrected chi connectivity index (χ4v) is 2.81. The van der Waals surface area contributed by atoms with E-state index in [-0.39, 0.29) is 26.4 Å². The van der Waals surface area contributed by atoms with Gasteiger partial charge in [0.1, 0.15) is 0 Å². The van der Waals surface area contributed by atoms with Gasteiger partial charge < -0.3 is 18.9 Å². The largest absolute Gasteiger partial charge is 0.465 e. The van der Waals surface area contributed by atoms with Crippen molar-refractivity contribution in [2.24, 2.45) is 5.41 Å². The van der Waals surface area contributed by atoms with E-state index in [0.29, 0.717) is 5.57 Å². The molecule has 0 amide bonds. The summed E-state index contributed by atoms with van der Waals surface area (Å²) in [7, 11) is 0. The first-order valence-corrected chi connectivity index (χ1v) is 8.44. The quantitative estimate of drug-likeness (QED) is 0.557. The van der Waals surface area contributed by atoms with E-state index in [1.807, 2.05) is 30.3 Å². The number of rotatable bonds is 7. The number of carbonyl (C=O) groups is 2. The molecule has 0 bridgehead atoms. The van der Waals surface area contributed by atoms with Gasteiger partial charge in [0.2, 0.25) is 5.41 Å². The van der Waals surface area contributed by atoms with Crippen molar-refractivity contribution < 1.29 is 28.5 Å². The highest BCUT2D eigenvalue weighted by atomic mass is 16.7. The van der Waals surface area contributed by atoms with Crippen LogP contribution in [0.4, 0.5) is 0 Å². The van der Waals surface area contributed by atoms with Crippen LogP contribution < -0.4 is 0 Å². The van der Waals surface area contributed by atoms with E-state index in [0.717, 1.165) is 5.56 Å². The Morgan fingerprint density at radius 3 is 2.20 bits per heavy atom. The number of esters is 2.